The van der Waals surface area contributed by atoms with Crippen molar-refractivity contribution < 1.29 is 0 Å². The van der Waals surface area contributed by atoms with E-state index in [0.29, 0.717) is 17.5 Å². The van der Waals surface area contributed by atoms with Crippen LogP contribution in [-0.4, -0.2) is 19.5 Å². The van der Waals surface area contributed by atoms with Crippen LogP contribution in [0.15, 0.2) is 182 Å². The predicted octanol–water partition coefficient (Wildman–Crippen LogP) is 12.5. The van der Waals surface area contributed by atoms with Gasteiger partial charge in [0.2, 0.25) is 0 Å². The Morgan fingerprint density at radius 1 is 0.415 bits per heavy atom. The van der Waals surface area contributed by atoms with Gasteiger partial charge in [0.25, 0.3) is 0 Å². The van der Waals surface area contributed by atoms with E-state index in [0.717, 1.165) is 46.4 Å². The van der Waals surface area contributed by atoms with Gasteiger partial charge in [0, 0.05) is 33.2 Å². The number of hydrogen-bond donors (Lipinski definition) is 0. The summed E-state index contributed by atoms with van der Waals surface area (Å²) in [6, 6.07) is 58.3. The minimum absolute atomic E-state index is 0.667. The second kappa shape index (κ2) is 13.0. The lowest BCUT2D eigenvalue weighted by Gasteiger charge is -2.12. The van der Waals surface area contributed by atoms with Gasteiger partial charge in [-0.05, 0) is 82.3 Å². The third-order valence-electron chi connectivity index (χ3n) is 10.3. The van der Waals surface area contributed by atoms with Crippen molar-refractivity contribution in [2.45, 2.75) is 12.8 Å². The molecule has 0 atom stereocenters. The van der Waals surface area contributed by atoms with E-state index in [1.165, 1.54) is 43.7 Å². The Morgan fingerprint density at radius 2 is 1.04 bits per heavy atom. The molecular weight excluding hydrogens is 645 g/mol. The maximum Gasteiger partial charge on any atom is 0.164 e. The first-order valence-corrected chi connectivity index (χ1v) is 18.2. The molecule has 0 aliphatic heterocycles. The molecule has 0 saturated heterocycles. The van der Waals surface area contributed by atoms with Crippen LogP contribution in [0.25, 0.3) is 88.9 Å². The standard InChI is InChI=1S/C49H34N4/c1-4-13-33(14-5-1)34-25-28-41(29-26-34)53-44-22-11-10-21-42(44)46-43-32-39(24-23-35(43)27-30-45(46)53)38-19-12-20-40(31-38)49-51-47(36-15-6-2-7-16-36)50-48(52-49)37-17-8-3-9-18-37/h1-2,4-8,10-32H,3,9H2. The van der Waals surface area contributed by atoms with Crippen molar-refractivity contribution in [2.24, 2.45) is 0 Å². The number of fused-ring (bicyclic) bond motifs is 5. The fourth-order valence-corrected chi connectivity index (χ4v) is 7.65. The Kier molecular flexibility index (Phi) is 7.58. The summed E-state index contributed by atoms with van der Waals surface area (Å²) in [6.45, 7) is 0. The van der Waals surface area contributed by atoms with Gasteiger partial charge in [0.1, 0.15) is 0 Å². The van der Waals surface area contributed by atoms with Crippen molar-refractivity contribution in [3.63, 3.8) is 0 Å². The summed E-state index contributed by atoms with van der Waals surface area (Å²) in [4.78, 5) is 14.9. The summed E-state index contributed by atoms with van der Waals surface area (Å²) in [5.41, 5.74) is 11.2. The fraction of sp³-hybridized carbons (Fsp3) is 0.0408. The molecule has 0 saturated carbocycles. The van der Waals surface area contributed by atoms with Crippen molar-refractivity contribution in [3.05, 3.63) is 188 Å². The van der Waals surface area contributed by atoms with E-state index in [1.54, 1.807) is 0 Å². The SMILES string of the molecule is C1=CC(c2nc(-c3ccccc3)nc(-c3cccc(-c4ccc5ccc6c(c5c4)c4ccccc4n6-c4ccc(-c5ccccc5)cc4)c3)n2)=CCC1. The largest absolute Gasteiger partial charge is 0.309 e. The molecule has 7 aromatic carbocycles. The molecule has 2 heterocycles. The van der Waals surface area contributed by atoms with Gasteiger partial charge >= 0.3 is 0 Å². The number of allylic oxidation sites excluding steroid dienone is 4. The van der Waals surface area contributed by atoms with E-state index >= 15 is 0 Å². The highest BCUT2D eigenvalue weighted by Gasteiger charge is 2.17. The lowest BCUT2D eigenvalue weighted by Crippen LogP contribution is -2.03. The predicted molar refractivity (Wildman–Crippen MR) is 220 cm³/mol. The first kappa shape index (κ1) is 30.9. The molecule has 0 N–H and O–H groups in total. The van der Waals surface area contributed by atoms with Crippen LogP contribution in [0.4, 0.5) is 0 Å². The summed E-state index contributed by atoms with van der Waals surface area (Å²) >= 11 is 0. The van der Waals surface area contributed by atoms with E-state index in [4.69, 9.17) is 15.0 Å². The zero-order valence-electron chi connectivity index (χ0n) is 29.0. The van der Waals surface area contributed by atoms with Gasteiger partial charge in [-0.2, -0.15) is 0 Å². The monoisotopic (exact) mass is 678 g/mol. The number of nitrogens with zero attached hydrogens (tertiary/aromatic N) is 4. The summed E-state index contributed by atoms with van der Waals surface area (Å²) in [5.74, 6) is 2.05. The van der Waals surface area contributed by atoms with Crippen LogP contribution in [0, 0.1) is 0 Å². The summed E-state index contributed by atoms with van der Waals surface area (Å²) < 4.78 is 2.39. The smallest absolute Gasteiger partial charge is 0.164 e. The highest BCUT2D eigenvalue weighted by molar-refractivity contribution is 6.21. The van der Waals surface area contributed by atoms with E-state index in [2.05, 4.69) is 168 Å². The van der Waals surface area contributed by atoms with Crippen molar-refractivity contribution in [1.82, 2.24) is 19.5 Å². The van der Waals surface area contributed by atoms with E-state index < -0.39 is 0 Å². The van der Waals surface area contributed by atoms with Gasteiger partial charge in [0.05, 0.1) is 11.0 Å². The second-order valence-electron chi connectivity index (χ2n) is 13.6. The lowest BCUT2D eigenvalue weighted by atomic mass is 9.97. The Bertz CT molecular complexity index is 2870. The van der Waals surface area contributed by atoms with Gasteiger partial charge < -0.3 is 4.57 Å². The summed E-state index contributed by atoms with van der Waals surface area (Å²) in [6.07, 6.45) is 8.56. The van der Waals surface area contributed by atoms with Crippen LogP contribution in [0.2, 0.25) is 0 Å². The first-order chi connectivity index (χ1) is 26.3. The zero-order chi connectivity index (χ0) is 35.1. The quantitative estimate of drug-likeness (QED) is 0.176. The maximum absolute atomic E-state index is 5.02. The van der Waals surface area contributed by atoms with E-state index in [-0.39, 0.29) is 0 Å². The molecule has 9 aromatic rings. The molecule has 1 aliphatic carbocycles. The minimum Gasteiger partial charge on any atom is -0.309 e. The zero-order valence-corrected chi connectivity index (χ0v) is 29.0. The average Bonchev–Trinajstić information content (AvgIpc) is 3.59. The molecule has 0 spiro atoms. The van der Waals surface area contributed by atoms with Gasteiger partial charge in [-0.25, -0.2) is 15.0 Å². The van der Waals surface area contributed by atoms with Crippen LogP contribution in [0.3, 0.4) is 0 Å². The van der Waals surface area contributed by atoms with Crippen molar-refractivity contribution in [2.75, 3.05) is 0 Å². The molecule has 0 bridgehead atoms. The minimum atomic E-state index is 0.667. The van der Waals surface area contributed by atoms with Crippen LogP contribution in [0.5, 0.6) is 0 Å². The molecule has 0 radical (unpaired) electrons. The van der Waals surface area contributed by atoms with E-state index in [1.807, 2.05) is 18.2 Å². The Hall–Kier alpha value is -6.91. The van der Waals surface area contributed by atoms with E-state index in [9.17, 15) is 0 Å². The maximum atomic E-state index is 5.02. The van der Waals surface area contributed by atoms with Gasteiger partial charge in [-0.15, -0.1) is 0 Å². The lowest BCUT2D eigenvalue weighted by molar-refractivity contribution is 1.01. The van der Waals surface area contributed by atoms with Crippen molar-refractivity contribution in [3.8, 4) is 50.7 Å². The fourth-order valence-electron chi connectivity index (χ4n) is 7.65. The molecule has 4 heteroatoms. The Labute approximate surface area is 308 Å². The number of para-hydroxylation sites is 1. The van der Waals surface area contributed by atoms with Crippen LogP contribution in [0.1, 0.15) is 18.7 Å². The molecule has 250 valence electrons. The van der Waals surface area contributed by atoms with Crippen molar-refractivity contribution >= 4 is 38.2 Å². The molecule has 0 unspecified atom stereocenters. The molecule has 2 aromatic heterocycles. The molecule has 0 fully saturated rings. The normalized spacial score (nSPS) is 12.8. The molecule has 53 heavy (non-hydrogen) atoms. The third-order valence-corrected chi connectivity index (χ3v) is 10.3. The van der Waals surface area contributed by atoms with Gasteiger partial charge in [-0.1, -0.05) is 146 Å². The summed E-state index contributed by atoms with van der Waals surface area (Å²) in [5, 5.41) is 4.93. The Balaban J connectivity index is 1.10. The summed E-state index contributed by atoms with van der Waals surface area (Å²) in [7, 11) is 0. The van der Waals surface area contributed by atoms with Crippen molar-refractivity contribution in [1.29, 1.82) is 0 Å². The molecule has 0 amide bonds. The number of hydrogen-bond acceptors (Lipinski definition) is 3. The molecule has 10 rings (SSSR count). The average molecular weight is 679 g/mol. The van der Waals surface area contributed by atoms with Gasteiger partial charge in [-0.3, -0.25) is 0 Å². The van der Waals surface area contributed by atoms with Gasteiger partial charge in [0.15, 0.2) is 17.5 Å². The van der Waals surface area contributed by atoms with Crippen LogP contribution in [-0.2, 0) is 0 Å². The number of aromatic nitrogens is 4. The van der Waals surface area contributed by atoms with Crippen LogP contribution < -0.4 is 0 Å². The number of rotatable bonds is 6. The van der Waals surface area contributed by atoms with Crippen LogP contribution >= 0.6 is 0 Å². The highest BCUT2D eigenvalue weighted by Crippen LogP contribution is 2.39. The number of benzene rings is 7. The topological polar surface area (TPSA) is 43.6 Å². The Morgan fingerprint density at radius 3 is 1.83 bits per heavy atom. The second-order valence-corrected chi connectivity index (χ2v) is 13.6. The molecule has 4 nitrogen and oxygen atoms in total. The highest BCUT2D eigenvalue weighted by atomic mass is 15.0. The molecule has 1 aliphatic rings. The third kappa shape index (κ3) is 5.62. The molecular formula is C49H34N4. The first-order valence-electron chi connectivity index (χ1n) is 18.2.